The minimum atomic E-state index is -1.49. The van der Waals surface area contributed by atoms with Crippen molar-refractivity contribution in [2.45, 2.75) is 44.2 Å². The third-order valence-corrected chi connectivity index (χ3v) is 9.19. The fraction of sp³-hybridized carbons (Fsp3) is 0.533. The maximum atomic E-state index is 13.1. The molecule has 2 amide bonds. The Morgan fingerprint density at radius 3 is 2.21 bits per heavy atom. The topological polar surface area (TPSA) is 67.3 Å². The number of nitrogens with zero attached hydrogens (tertiary/aromatic N) is 4. The van der Waals surface area contributed by atoms with E-state index in [2.05, 4.69) is 9.80 Å². The van der Waals surface area contributed by atoms with Gasteiger partial charge in [0, 0.05) is 65.1 Å². The normalized spacial score (nSPS) is 21.6. The van der Waals surface area contributed by atoms with Gasteiger partial charge in [-0.15, -0.1) is 0 Å². The molecule has 2 aromatic carbocycles. The highest BCUT2D eigenvalue weighted by atomic mass is 35.5. The molecular formula is C30H39ClN4O3. The van der Waals surface area contributed by atoms with Gasteiger partial charge in [-0.2, -0.15) is 0 Å². The number of anilines is 1. The number of benzene rings is 2. The second-order valence-corrected chi connectivity index (χ2v) is 12.1. The number of carbonyl (C=O) groups is 2. The molecule has 3 saturated heterocycles. The lowest BCUT2D eigenvalue weighted by molar-refractivity contribution is -0.156. The minimum Gasteiger partial charge on any atom is -0.376 e. The summed E-state index contributed by atoms with van der Waals surface area (Å²) in [5, 5.41) is 11.5. The van der Waals surface area contributed by atoms with E-state index < -0.39 is 5.60 Å². The Labute approximate surface area is 230 Å². The van der Waals surface area contributed by atoms with E-state index in [0.717, 1.165) is 57.5 Å². The molecule has 38 heavy (non-hydrogen) atoms. The number of piperidine rings is 2. The van der Waals surface area contributed by atoms with Crippen LogP contribution in [0.2, 0.25) is 5.02 Å². The van der Waals surface area contributed by atoms with Crippen molar-refractivity contribution in [1.29, 1.82) is 0 Å². The first-order valence-corrected chi connectivity index (χ1v) is 14.0. The van der Waals surface area contributed by atoms with Crippen LogP contribution in [0, 0.1) is 5.41 Å². The molecule has 1 unspecified atom stereocenters. The third kappa shape index (κ3) is 5.16. The summed E-state index contributed by atoms with van der Waals surface area (Å²) in [5.74, 6) is -0.273. The van der Waals surface area contributed by atoms with Gasteiger partial charge in [0.2, 0.25) is 0 Å². The summed E-state index contributed by atoms with van der Waals surface area (Å²) < 4.78 is 0. The van der Waals surface area contributed by atoms with Crippen LogP contribution in [0.3, 0.4) is 0 Å². The quantitative estimate of drug-likeness (QED) is 0.626. The van der Waals surface area contributed by atoms with Crippen LogP contribution in [-0.2, 0) is 10.4 Å². The van der Waals surface area contributed by atoms with Gasteiger partial charge in [0.05, 0.1) is 10.6 Å². The summed E-state index contributed by atoms with van der Waals surface area (Å²) in [4.78, 5) is 33.8. The summed E-state index contributed by atoms with van der Waals surface area (Å²) >= 11 is 6.45. The zero-order valence-electron chi connectivity index (χ0n) is 22.7. The summed E-state index contributed by atoms with van der Waals surface area (Å²) in [6, 6.07) is 15.6. The highest BCUT2D eigenvalue weighted by Gasteiger charge is 2.49. The summed E-state index contributed by atoms with van der Waals surface area (Å²) in [6.07, 6.45) is 4.21. The van der Waals surface area contributed by atoms with Crippen molar-refractivity contribution in [2.24, 2.45) is 5.41 Å². The first-order chi connectivity index (χ1) is 18.1. The van der Waals surface area contributed by atoms with Crippen molar-refractivity contribution < 1.29 is 14.7 Å². The minimum absolute atomic E-state index is 0.0799. The number of amides is 2. The molecule has 2 aromatic rings. The zero-order chi connectivity index (χ0) is 27.1. The maximum Gasteiger partial charge on any atom is 0.258 e. The van der Waals surface area contributed by atoms with E-state index in [1.54, 1.807) is 25.9 Å². The summed E-state index contributed by atoms with van der Waals surface area (Å²) in [6.45, 7) is 7.18. The van der Waals surface area contributed by atoms with Crippen LogP contribution in [-0.4, -0.2) is 91.0 Å². The first kappa shape index (κ1) is 27.0. The Morgan fingerprint density at radius 1 is 1.00 bits per heavy atom. The lowest BCUT2D eigenvalue weighted by atomic mass is 9.70. The fourth-order valence-corrected chi connectivity index (χ4v) is 6.63. The molecule has 204 valence electrons. The smallest absolute Gasteiger partial charge is 0.258 e. The van der Waals surface area contributed by atoms with E-state index in [9.17, 15) is 14.7 Å². The largest absolute Gasteiger partial charge is 0.376 e. The second kappa shape index (κ2) is 10.5. The van der Waals surface area contributed by atoms with Gasteiger partial charge in [-0.1, -0.05) is 41.9 Å². The van der Waals surface area contributed by atoms with Gasteiger partial charge in [-0.25, -0.2) is 0 Å². The Balaban J connectivity index is 1.10. The molecule has 1 atom stereocenters. The highest BCUT2D eigenvalue weighted by molar-refractivity contribution is 6.34. The Hall–Kier alpha value is -2.61. The van der Waals surface area contributed by atoms with Gasteiger partial charge in [-0.05, 0) is 61.8 Å². The predicted molar refractivity (Wildman–Crippen MR) is 151 cm³/mol. The Morgan fingerprint density at radius 2 is 1.63 bits per heavy atom. The van der Waals surface area contributed by atoms with Crippen LogP contribution in [0.25, 0.3) is 0 Å². The molecule has 3 fully saturated rings. The lowest BCUT2D eigenvalue weighted by Crippen LogP contribution is -2.65. The van der Waals surface area contributed by atoms with Gasteiger partial charge < -0.3 is 19.8 Å². The van der Waals surface area contributed by atoms with Gasteiger partial charge >= 0.3 is 0 Å². The number of hydrogen-bond donors (Lipinski definition) is 1. The molecule has 5 rings (SSSR count). The molecule has 0 saturated carbocycles. The molecule has 1 N–H and O–H groups in total. The van der Waals surface area contributed by atoms with Crippen LogP contribution < -0.4 is 4.90 Å². The van der Waals surface area contributed by atoms with Gasteiger partial charge in [0.1, 0.15) is 0 Å². The average molecular weight is 539 g/mol. The predicted octanol–water partition coefficient (Wildman–Crippen LogP) is 3.84. The molecule has 3 aliphatic rings. The summed E-state index contributed by atoms with van der Waals surface area (Å²) in [7, 11) is 3.47. The van der Waals surface area contributed by atoms with Crippen molar-refractivity contribution in [3.8, 4) is 0 Å². The van der Waals surface area contributed by atoms with E-state index in [0.29, 0.717) is 40.7 Å². The average Bonchev–Trinajstić information content (AvgIpc) is 2.91. The number of aliphatic hydroxyl groups is 1. The van der Waals surface area contributed by atoms with Crippen molar-refractivity contribution in [1.82, 2.24) is 14.7 Å². The molecule has 0 aliphatic carbocycles. The van der Waals surface area contributed by atoms with Crippen LogP contribution in [0.1, 0.15) is 48.5 Å². The fourth-order valence-electron chi connectivity index (χ4n) is 6.37. The molecule has 1 spiro atoms. The van der Waals surface area contributed by atoms with E-state index in [1.165, 1.54) is 0 Å². The zero-order valence-corrected chi connectivity index (χ0v) is 23.5. The molecule has 3 aliphatic heterocycles. The van der Waals surface area contributed by atoms with Crippen LogP contribution in [0.5, 0.6) is 0 Å². The number of rotatable bonds is 5. The highest BCUT2D eigenvalue weighted by Crippen LogP contribution is 2.43. The van der Waals surface area contributed by atoms with Gasteiger partial charge in [0.15, 0.2) is 5.60 Å². The molecule has 0 radical (unpaired) electrons. The van der Waals surface area contributed by atoms with Gasteiger partial charge in [0.25, 0.3) is 11.8 Å². The van der Waals surface area contributed by atoms with Crippen molar-refractivity contribution in [3.63, 3.8) is 0 Å². The van der Waals surface area contributed by atoms with Crippen LogP contribution >= 0.6 is 11.6 Å². The summed E-state index contributed by atoms with van der Waals surface area (Å²) in [5.41, 5.74) is 1.07. The van der Waals surface area contributed by atoms with Crippen LogP contribution in [0.15, 0.2) is 48.5 Å². The Kier molecular flexibility index (Phi) is 7.46. The van der Waals surface area contributed by atoms with Crippen molar-refractivity contribution in [3.05, 3.63) is 64.7 Å². The maximum absolute atomic E-state index is 13.1. The van der Waals surface area contributed by atoms with Crippen molar-refractivity contribution in [2.75, 3.05) is 58.3 Å². The van der Waals surface area contributed by atoms with Crippen molar-refractivity contribution >= 4 is 29.1 Å². The first-order valence-electron chi connectivity index (χ1n) is 13.7. The monoisotopic (exact) mass is 538 g/mol. The van der Waals surface area contributed by atoms with E-state index in [1.807, 2.05) is 53.4 Å². The molecule has 0 bridgehead atoms. The third-order valence-electron chi connectivity index (χ3n) is 8.88. The van der Waals surface area contributed by atoms with E-state index in [4.69, 9.17) is 11.6 Å². The number of carbonyl (C=O) groups excluding carboxylic acids is 2. The van der Waals surface area contributed by atoms with Crippen LogP contribution in [0.4, 0.5) is 5.69 Å². The SMILES string of the molecule is CN(C)C(=O)c1ccc(N2CCC(N3CC4(CCN(C(=O)C(C)(O)c5ccccc5)CC4)C3)CC2)cc1Cl. The second-order valence-electron chi connectivity index (χ2n) is 11.7. The number of halogens is 1. The molecule has 8 heteroatoms. The molecular weight excluding hydrogens is 500 g/mol. The molecule has 0 aromatic heterocycles. The number of hydrogen-bond acceptors (Lipinski definition) is 5. The van der Waals surface area contributed by atoms with E-state index in [-0.39, 0.29) is 11.8 Å². The lowest BCUT2D eigenvalue weighted by Gasteiger charge is -2.57. The molecule has 7 nitrogen and oxygen atoms in total. The van der Waals surface area contributed by atoms with Gasteiger partial charge in [-0.3, -0.25) is 14.5 Å². The van der Waals surface area contributed by atoms with E-state index >= 15 is 0 Å². The standard InChI is InChI=1S/C30H39ClN4O3/c1-29(38,22-7-5-4-6-8-22)28(37)34-17-13-30(14-18-34)20-35(21-30)23-11-15-33(16-12-23)24-9-10-25(26(31)19-24)27(36)32(2)3/h4-10,19,23,38H,11-18,20-21H2,1-3H3. The Bertz CT molecular complexity index is 1160. The molecule has 3 heterocycles. The number of likely N-dealkylation sites (tertiary alicyclic amines) is 2.